The maximum absolute atomic E-state index is 13.9. The molecule has 0 atom stereocenters. The number of hydrogen-bond acceptors (Lipinski definition) is 1. The zero-order chi connectivity index (χ0) is 12.6. The summed E-state index contributed by atoms with van der Waals surface area (Å²) < 4.78 is 27.6. The maximum atomic E-state index is 13.9. The van der Waals surface area contributed by atoms with Crippen molar-refractivity contribution in [3.05, 3.63) is 53.1 Å². The van der Waals surface area contributed by atoms with E-state index in [0.29, 0.717) is 16.8 Å². The normalized spacial score (nSPS) is 10.6. The molecular weight excluding hydrogens is 220 g/mol. The van der Waals surface area contributed by atoms with Gasteiger partial charge in [-0.3, -0.25) is 0 Å². The van der Waals surface area contributed by atoms with Gasteiger partial charge in [0.15, 0.2) is 0 Å². The predicted molar refractivity (Wildman–Crippen MR) is 65.7 cm³/mol. The van der Waals surface area contributed by atoms with Gasteiger partial charge in [-0.25, -0.2) is 8.78 Å². The number of halogens is 2. The summed E-state index contributed by atoms with van der Waals surface area (Å²) >= 11 is 0. The van der Waals surface area contributed by atoms with Crippen molar-refractivity contribution in [2.75, 3.05) is 5.73 Å². The minimum absolute atomic E-state index is 0.0532. The molecule has 1 nitrogen and oxygen atoms in total. The second-order valence-corrected chi connectivity index (χ2v) is 4.14. The van der Waals surface area contributed by atoms with E-state index in [2.05, 4.69) is 0 Å². The van der Waals surface area contributed by atoms with Gasteiger partial charge in [0.25, 0.3) is 0 Å². The first-order valence-electron chi connectivity index (χ1n) is 5.32. The molecule has 0 fully saturated rings. The van der Waals surface area contributed by atoms with Crippen LogP contribution in [0.5, 0.6) is 0 Å². The summed E-state index contributed by atoms with van der Waals surface area (Å²) in [5.41, 5.74) is 7.90. The van der Waals surface area contributed by atoms with E-state index in [1.54, 1.807) is 25.1 Å². The minimum Gasteiger partial charge on any atom is -0.398 e. The maximum Gasteiger partial charge on any atom is 0.136 e. The van der Waals surface area contributed by atoms with Crippen LogP contribution in [-0.4, -0.2) is 0 Å². The van der Waals surface area contributed by atoms with E-state index in [4.69, 9.17) is 5.73 Å². The topological polar surface area (TPSA) is 26.0 Å². The fourth-order valence-electron chi connectivity index (χ4n) is 1.81. The summed E-state index contributed by atoms with van der Waals surface area (Å²) in [4.78, 5) is 0. The molecule has 2 aromatic rings. The van der Waals surface area contributed by atoms with Crippen LogP contribution < -0.4 is 5.73 Å². The lowest BCUT2D eigenvalue weighted by Gasteiger charge is -2.10. The largest absolute Gasteiger partial charge is 0.398 e. The van der Waals surface area contributed by atoms with Crippen molar-refractivity contribution in [1.82, 2.24) is 0 Å². The van der Waals surface area contributed by atoms with E-state index in [1.807, 2.05) is 6.92 Å². The molecule has 0 heterocycles. The molecule has 88 valence electrons. The zero-order valence-electron chi connectivity index (χ0n) is 9.72. The summed E-state index contributed by atoms with van der Waals surface area (Å²) in [7, 11) is 0. The van der Waals surface area contributed by atoms with Gasteiger partial charge < -0.3 is 5.73 Å². The van der Waals surface area contributed by atoms with Crippen molar-refractivity contribution >= 4 is 5.69 Å². The number of aryl methyl sites for hydroxylation is 2. The van der Waals surface area contributed by atoms with Crippen molar-refractivity contribution in [3.63, 3.8) is 0 Å². The molecule has 0 amide bonds. The first-order chi connectivity index (χ1) is 8.00. The van der Waals surface area contributed by atoms with Crippen molar-refractivity contribution in [3.8, 4) is 11.1 Å². The molecule has 0 aromatic heterocycles. The second kappa shape index (κ2) is 4.17. The molecule has 0 aliphatic heterocycles. The third kappa shape index (κ3) is 2.00. The molecule has 2 aromatic carbocycles. The van der Waals surface area contributed by atoms with Crippen LogP contribution in [0.15, 0.2) is 30.3 Å². The molecule has 0 bridgehead atoms. The quantitative estimate of drug-likeness (QED) is 0.744. The van der Waals surface area contributed by atoms with Gasteiger partial charge in [0.2, 0.25) is 0 Å². The van der Waals surface area contributed by atoms with Crippen LogP contribution in [0.25, 0.3) is 11.1 Å². The van der Waals surface area contributed by atoms with Crippen LogP contribution in [0, 0.1) is 25.5 Å². The molecule has 0 saturated carbocycles. The van der Waals surface area contributed by atoms with Gasteiger partial charge in [-0.2, -0.15) is 0 Å². The van der Waals surface area contributed by atoms with E-state index >= 15 is 0 Å². The van der Waals surface area contributed by atoms with Crippen molar-refractivity contribution in [1.29, 1.82) is 0 Å². The average molecular weight is 233 g/mol. The molecule has 2 N–H and O–H groups in total. The van der Waals surface area contributed by atoms with E-state index in [1.165, 1.54) is 12.1 Å². The van der Waals surface area contributed by atoms with Crippen LogP contribution in [-0.2, 0) is 0 Å². The number of hydrogen-bond donors (Lipinski definition) is 1. The van der Waals surface area contributed by atoms with Gasteiger partial charge in [0, 0.05) is 11.3 Å². The molecular formula is C14H13F2N. The number of rotatable bonds is 1. The third-order valence-corrected chi connectivity index (χ3v) is 2.76. The Bertz CT molecular complexity index is 577. The van der Waals surface area contributed by atoms with Gasteiger partial charge in [0.05, 0.1) is 5.56 Å². The Morgan fingerprint density at radius 3 is 2.35 bits per heavy atom. The van der Waals surface area contributed by atoms with E-state index in [0.717, 1.165) is 5.56 Å². The highest BCUT2D eigenvalue weighted by Gasteiger charge is 2.15. The Morgan fingerprint density at radius 1 is 1.00 bits per heavy atom. The lowest BCUT2D eigenvalue weighted by Crippen LogP contribution is -1.97. The van der Waals surface area contributed by atoms with Crippen LogP contribution in [0.3, 0.4) is 0 Å². The Kier molecular flexibility index (Phi) is 2.84. The number of nitrogens with two attached hydrogens (primary N) is 1. The minimum atomic E-state index is -0.594. The van der Waals surface area contributed by atoms with Gasteiger partial charge in [-0.05, 0) is 37.1 Å². The van der Waals surface area contributed by atoms with Gasteiger partial charge >= 0.3 is 0 Å². The first kappa shape index (κ1) is 11.6. The molecule has 0 aliphatic rings. The molecule has 0 spiro atoms. The second-order valence-electron chi connectivity index (χ2n) is 4.14. The molecule has 3 heteroatoms. The summed E-state index contributed by atoms with van der Waals surface area (Å²) in [6.07, 6.45) is 0. The van der Waals surface area contributed by atoms with Crippen LogP contribution in [0.1, 0.15) is 11.1 Å². The Hall–Kier alpha value is -1.90. The van der Waals surface area contributed by atoms with Crippen molar-refractivity contribution < 1.29 is 8.78 Å². The smallest absolute Gasteiger partial charge is 0.136 e. The molecule has 17 heavy (non-hydrogen) atoms. The summed E-state index contributed by atoms with van der Waals surface area (Å²) in [6, 6.07) is 7.81. The van der Waals surface area contributed by atoms with Crippen LogP contribution in [0.2, 0.25) is 0 Å². The SMILES string of the molecule is Cc1ccc(-c2c(F)ccc(C)c2F)c(N)c1. The number of benzene rings is 2. The average Bonchev–Trinajstić information content (AvgIpc) is 2.27. The van der Waals surface area contributed by atoms with Crippen LogP contribution in [0.4, 0.5) is 14.5 Å². The third-order valence-electron chi connectivity index (χ3n) is 2.76. The summed E-state index contributed by atoms with van der Waals surface area (Å²) in [5.74, 6) is -1.15. The fraction of sp³-hybridized carbons (Fsp3) is 0.143. The standard InChI is InChI=1S/C14H13F2N/c1-8-3-5-10(12(17)7-8)13-11(15)6-4-9(2)14(13)16/h3-7H,17H2,1-2H3. The van der Waals surface area contributed by atoms with E-state index < -0.39 is 11.6 Å². The van der Waals surface area contributed by atoms with Gasteiger partial charge in [-0.15, -0.1) is 0 Å². The monoisotopic (exact) mass is 233 g/mol. The molecule has 0 saturated heterocycles. The Labute approximate surface area is 98.9 Å². The highest BCUT2D eigenvalue weighted by molar-refractivity contribution is 5.78. The summed E-state index contributed by atoms with van der Waals surface area (Å²) in [5, 5.41) is 0. The Balaban J connectivity index is 2.72. The van der Waals surface area contributed by atoms with Crippen LogP contribution >= 0.6 is 0 Å². The predicted octanol–water partition coefficient (Wildman–Crippen LogP) is 3.83. The fourth-order valence-corrected chi connectivity index (χ4v) is 1.81. The first-order valence-corrected chi connectivity index (χ1v) is 5.32. The lowest BCUT2D eigenvalue weighted by atomic mass is 9.99. The number of anilines is 1. The highest BCUT2D eigenvalue weighted by Crippen LogP contribution is 2.32. The zero-order valence-corrected chi connectivity index (χ0v) is 9.72. The van der Waals surface area contributed by atoms with E-state index in [-0.39, 0.29) is 5.56 Å². The molecule has 0 radical (unpaired) electrons. The lowest BCUT2D eigenvalue weighted by molar-refractivity contribution is 0.584. The van der Waals surface area contributed by atoms with Gasteiger partial charge in [0.1, 0.15) is 11.6 Å². The van der Waals surface area contributed by atoms with Crippen molar-refractivity contribution in [2.24, 2.45) is 0 Å². The summed E-state index contributed by atoms with van der Waals surface area (Å²) in [6.45, 7) is 3.48. The Morgan fingerprint density at radius 2 is 1.71 bits per heavy atom. The highest BCUT2D eigenvalue weighted by atomic mass is 19.1. The molecule has 0 unspecified atom stereocenters. The molecule has 2 rings (SSSR count). The van der Waals surface area contributed by atoms with Gasteiger partial charge in [-0.1, -0.05) is 18.2 Å². The van der Waals surface area contributed by atoms with Crippen molar-refractivity contribution in [2.45, 2.75) is 13.8 Å². The number of nitrogen functional groups attached to an aromatic ring is 1. The van der Waals surface area contributed by atoms with E-state index in [9.17, 15) is 8.78 Å². The molecule has 0 aliphatic carbocycles.